The van der Waals surface area contributed by atoms with Crippen molar-refractivity contribution >= 4 is 17.5 Å². The molecule has 0 bridgehead atoms. The van der Waals surface area contributed by atoms with Crippen LogP contribution in [0.4, 0.5) is 13.2 Å². The lowest BCUT2D eigenvalue weighted by Crippen LogP contribution is -2.48. The molecule has 3 aromatic rings. The highest BCUT2D eigenvalue weighted by molar-refractivity contribution is 6.33. The Morgan fingerprint density at radius 2 is 1.68 bits per heavy atom. The van der Waals surface area contributed by atoms with Gasteiger partial charge in [0.15, 0.2) is 0 Å². The molecule has 0 spiro atoms. The maximum atomic E-state index is 12.7. The summed E-state index contributed by atoms with van der Waals surface area (Å²) in [5.41, 5.74) is 0.127. The van der Waals surface area contributed by atoms with E-state index >= 15 is 0 Å². The second-order valence-electron chi connectivity index (χ2n) is 7.12. The monoisotopic (exact) mass is 450 g/mol. The van der Waals surface area contributed by atoms with Gasteiger partial charge in [-0.2, -0.15) is 13.2 Å². The number of hydrogen-bond donors (Lipinski definition) is 0. The highest BCUT2D eigenvalue weighted by Crippen LogP contribution is 2.29. The van der Waals surface area contributed by atoms with Crippen molar-refractivity contribution in [2.75, 3.05) is 26.2 Å². The summed E-state index contributed by atoms with van der Waals surface area (Å²) in [6, 6.07) is 11.5. The van der Waals surface area contributed by atoms with Gasteiger partial charge in [-0.15, -0.1) is 10.2 Å². The van der Waals surface area contributed by atoms with Gasteiger partial charge in [0.1, 0.15) is 0 Å². The van der Waals surface area contributed by atoms with Crippen LogP contribution in [0.1, 0.15) is 21.8 Å². The lowest BCUT2D eigenvalue weighted by atomic mass is 10.1. The highest BCUT2D eigenvalue weighted by atomic mass is 35.5. The maximum absolute atomic E-state index is 12.7. The molecule has 0 aliphatic carbocycles. The quantitative estimate of drug-likeness (QED) is 0.590. The molecule has 2 heterocycles. The lowest BCUT2D eigenvalue weighted by molar-refractivity contribution is -0.137. The Bertz CT molecular complexity index is 1060. The summed E-state index contributed by atoms with van der Waals surface area (Å²) in [7, 11) is 0. The van der Waals surface area contributed by atoms with Crippen LogP contribution in [-0.4, -0.2) is 52.1 Å². The molecule has 0 unspecified atom stereocenters. The Morgan fingerprint density at radius 3 is 2.32 bits per heavy atom. The largest absolute Gasteiger partial charge is 0.419 e. The molecule has 0 N–H and O–H groups in total. The average Bonchev–Trinajstić information content (AvgIpc) is 3.22. The first-order valence-corrected chi connectivity index (χ1v) is 9.95. The van der Waals surface area contributed by atoms with Gasteiger partial charge >= 0.3 is 6.18 Å². The fraction of sp³-hybridized carbons (Fsp3) is 0.286. The molecule has 1 saturated heterocycles. The zero-order chi connectivity index (χ0) is 22.0. The Hall–Kier alpha value is -2.91. The van der Waals surface area contributed by atoms with E-state index < -0.39 is 11.7 Å². The minimum absolute atomic E-state index is 0.239. The van der Waals surface area contributed by atoms with Crippen LogP contribution in [-0.2, 0) is 12.7 Å². The number of rotatable bonds is 4. The van der Waals surface area contributed by atoms with Crippen molar-refractivity contribution in [2.24, 2.45) is 0 Å². The fourth-order valence-corrected chi connectivity index (χ4v) is 3.56. The van der Waals surface area contributed by atoms with Gasteiger partial charge in [-0.25, -0.2) is 0 Å². The highest BCUT2D eigenvalue weighted by Gasteiger charge is 2.31. The first kappa shape index (κ1) is 21.3. The van der Waals surface area contributed by atoms with Gasteiger partial charge < -0.3 is 9.32 Å². The van der Waals surface area contributed by atoms with Crippen molar-refractivity contribution in [3.05, 3.63) is 70.6 Å². The first-order chi connectivity index (χ1) is 14.8. The number of aromatic nitrogens is 2. The Kier molecular flexibility index (Phi) is 5.97. The van der Waals surface area contributed by atoms with Crippen molar-refractivity contribution in [1.29, 1.82) is 0 Å². The third-order valence-corrected chi connectivity index (χ3v) is 5.38. The maximum Gasteiger partial charge on any atom is 0.416 e. The second kappa shape index (κ2) is 8.68. The average molecular weight is 451 g/mol. The van der Waals surface area contributed by atoms with E-state index in [9.17, 15) is 18.0 Å². The predicted molar refractivity (Wildman–Crippen MR) is 107 cm³/mol. The molecule has 2 aromatic carbocycles. The zero-order valence-corrected chi connectivity index (χ0v) is 17.0. The van der Waals surface area contributed by atoms with E-state index in [0.717, 1.165) is 12.1 Å². The van der Waals surface area contributed by atoms with Crippen LogP contribution < -0.4 is 0 Å². The van der Waals surface area contributed by atoms with Crippen LogP contribution in [0.5, 0.6) is 0 Å². The van der Waals surface area contributed by atoms with Crippen LogP contribution in [0.3, 0.4) is 0 Å². The molecule has 0 radical (unpaired) electrons. The molecule has 4 rings (SSSR count). The molecule has 6 nitrogen and oxygen atoms in total. The molecular weight excluding hydrogens is 433 g/mol. The van der Waals surface area contributed by atoms with E-state index in [1.54, 1.807) is 17.0 Å². The molecule has 1 aromatic heterocycles. The summed E-state index contributed by atoms with van der Waals surface area (Å²) in [4.78, 5) is 16.3. The van der Waals surface area contributed by atoms with Crippen molar-refractivity contribution < 1.29 is 22.4 Å². The SMILES string of the molecule is O=C(c1ccc(C(F)(F)F)cc1)N1CCN(Cc2nnc(-c3ccccc3Cl)o2)CC1. The minimum Gasteiger partial charge on any atom is -0.419 e. The molecule has 1 fully saturated rings. The first-order valence-electron chi connectivity index (χ1n) is 9.57. The van der Waals surface area contributed by atoms with E-state index in [1.165, 1.54) is 12.1 Å². The number of carbonyl (C=O) groups is 1. The van der Waals surface area contributed by atoms with Crippen LogP contribution in [0.2, 0.25) is 5.02 Å². The molecule has 1 aliphatic rings. The molecular formula is C21H18ClF3N4O2. The lowest BCUT2D eigenvalue weighted by Gasteiger charge is -2.34. The summed E-state index contributed by atoms with van der Waals surface area (Å²) in [5.74, 6) is 0.501. The molecule has 162 valence electrons. The number of benzene rings is 2. The predicted octanol–water partition coefficient (Wildman–Crippen LogP) is 4.37. The number of nitrogens with zero attached hydrogens (tertiary/aromatic N) is 4. The second-order valence-corrected chi connectivity index (χ2v) is 7.53. The van der Waals surface area contributed by atoms with Gasteiger partial charge in [0, 0.05) is 31.7 Å². The third-order valence-electron chi connectivity index (χ3n) is 5.05. The van der Waals surface area contributed by atoms with Crippen LogP contribution in [0.15, 0.2) is 52.9 Å². The number of carbonyl (C=O) groups excluding carboxylic acids is 1. The molecule has 1 aliphatic heterocycles. The van der Waals surface area contributed by atoms with Crippen LogP contribution in [0.25, 0.3) is 11.5 Å². The van der Waals surface area contributed by atoms with E-state index in [4.69, 9.17) is 16.0 Å². The Morgan fingerprint density at radius 1 is 1.00 bits per heavy atom. The number of halogens is 4. The van der Waals surface area contributed by atoms with E-state index in [0.29, 0.717) is 55.1 Å². The smallest absolute Gasteiger partial charge is 0.416 e. The van der Waals surface area contributed by atoms with Crippen molar-refractivity contribution in [2.45, 2.75) is 12.7 Å². The normalized spacial score (nSPS) is 15.3. The summed E-state index contributed by atoms with van der Waals surface area (Å²) in [5, 5.41) is 8.64. The molecule has 1 amide bonds. The fourth-order valence-electron chi connectivity index (χ4n) is 3.35. The van der Waals surface area contributed by atoms with E-state index in [-0.39, 0.29) is 11.5 Å². The number of alkyl halides is 3. The van der Waals surface area contributed by atoms with Gasteiger partial charge in [-0.05, 0) is 36.4 Å². The minimum atomic E-state index is -4.42. The summed E-state index contributed by atoms with van der Waals surface area (Å²) in [6.07, 6.45) is -4.42. The summed E-state index contributed by atoms with van der Waals surface area (Å²) >= 11 is 6.16. The van der Waals surface area contributed by atoms with Gasteiger partial charge in [-0.1, -0.05) is 23.7 Å². The summed E-state index contributed by atoms with van der Waals surface area (Å²) < 4.78 is 43.8. The number of amides is 1. The topological polar surface area (TPSA) is 62.5 Å². The van der Waals surface area contributed by atoms with Crippen LogP contribution in [0, 0.1) is 0 Å². The molecule has 10 heteroatoms. The van der Waals surface area contributed by atoms with Crippen molar-refractivity contribution in [1.82, 2.24) is 20.0 Å². The zero-order valence-electron chi connectivity index (χ0n) is 16.3. The molecule has 0 atom stereocenters. The van der Waals surface area contributed by atoms with Gasteiger partial charge in [0.05, 0.1) is 22.7 Å². The number of hydrogen-bond acceptors (Lipinski definition) is 5. The van der Waals surface area contributed by atoms with Crippen molar-refractivity contribution in [3.63, 3.8) is 0 Å². The van der Waals surface area contributed by atoms with Crippen molar-refractivity contribution in [3.8, 4) is 11.5 Å². The van der Waals surface area contributed by atoms with Gasteiger partial charge in [0.25, 0.3) is 5.91 Å². The molecule has 0 saturated carbocycles. The third kappa shape index (κ3) is 4.88. The molecule has 31 heavy (non-hydrogen) atoms. The number of piperazine rings is 1. The van der Waals surface area contributed by atoms with E-state index in [1.807, 2.05) is 12.1 Å². The van der Waals surface area contributed by atoms with Gasteiger partial charge in [-0.3, -0.25) is 9.69 Å². The Balaban J connectivity index is 1.33. The Labute approximate surface area is 181 Å². The standard InChI is InChI=1S/C21H18ClF3N4O2/c22-17-4-2-1-3-16(17)19-27-26-18(31-19)13-28-9-11-29(12-10-28)20(30)14-5-7-15(8-6-14)21(23,24)25/h1-8H,9-13H2. The van der Waals surface area contributed by atoms with E-state index in [2.05, 4.69) is 15.1 Å². The summed E-state index contributed by atoms with van der Waals surface area (Å²) in [6.45, 7) is 2.49. The van der Waals surface area contributed by atoms with Gasteiger partial charge in [0.2, 0.25) is 11.8 Å². The van der Waals surface area contributed by atoms with Crippen LogP contribution >= 0.6 is 11.6 Å².